The van der Waals surface area contributed by atoms with Crippen LogP contribution in [0.1, 0.15) is 40.5 Å². The Hall–Kier alpha value is -0.380. The number of hydrogen-bond acceptors (Lipinski definition) is 6. The summed E-state index contributed by atoms with van der Waals surface area (Å²) in [5, 5.41) is 3.57. The molecule has 8 heteroatoms. The van der Waals surface area contributed by atoms with E-state index in [2.05, 4.69) is 33.9 Å². The molecule has 25 heavy (non-hydrogen) atoms. The summed E-state index contributed by atoms with van der Waals surface area (Å²) in [5.41, 5.74) is -0.443. The zero-order chi connectivity index (χ0) is 17.4. The van der Waals surface area contributed by atoms with Crippen LogP contribution in [-0.4, -0.2) is 76.7 Å². The van der Waals surface area contributed by atoms with Gasteiger partial charge in [-0.2, -0.15) is 11.8 Å². The van der Waals surface area contributed by atoms with Crippen LogP contribution in [-0.2, 0) is 4.74 Å². The molecule has 3 heterocycles. The van der Waals surface area contributed by atoms with E-state index in [1.54, 1.807) is 0 Å². The van der Waals surface area contributed by atoms with Crippen LogP contribution in [0.25, 0.3) is 0 Å². The number of thioether (sulfide) groups is 1. The Morgan fingerprint density at radius 3 is 2.84 bits per heavy atom. The number of hydrogen-bond donors (Lipinski definition) is 1. The number of nitrogens with zero attached hydrogens (tertiary/aromatic N) is 3. The van der Waals surface area contributed by atoms with E-state index in [1.807, 2.05) is 25.7 Å². The Balaban J connectivity index is 0.00000225. The maximum Gasteiger partial charge on any atom is 0.410 e. The summed E-state index contributed by atoms with van der Waals surface area (Å²) in [6, 6.07) is 0.276. The number of ether oxygens (including phenoxy) is 1. The molecule has 0 aliphatic carbocycles. The zero-order valence-electron chi connectivity index (χ0n) is 15.7. The average molecular weight is 482 g/mol. The van der Waals surface area contributed by atoms with Gasteiger partial charge in [0.2, 0.25) is 0 Å². The summed E-state index contributed by atoms with van der Waals surface area (Å²) < 4.78 is 5.83. The minimum atomic E-state index is -0.443. The molecule has 2 atom stereocenters. The van der Waals surface area contributed by atoms with E-state index in [4.69, 9.17) is 4.74 Å². The molecule has 3 aliphatic heterocycles. The highest BCUT2D eigenvalue weighted by atomic mass is 127. The minimum Gasteiger partial charge on any atom is -0.444 e. The second-order valence-electron chi connectivity index (χ2n) is 8.19. The number of fused-ring (bicyclic) bond motifs is 1. The van der Waals surface area contributed by atoms with Gasteiger partial charge in [0.15, 0.2) is 5.96 Å². The molecule has 144 valence electrons. The molecule has 0 aromatic carbocycles. The minimum absolute atomic E-state index is 0. The molecule has 2 unspecified atom stereocenters. The lowest BCUT2D eigenvalue weighted by molar-refractivity contribution is 0.0137. The van der Waals surface area contributed by atoms with Crippen molar-refractivity contribution in [3.05, 3.63) is 0 Å². The first-order valence-electron chi connectivity index (χ1n) is 8.93. The van der Waals surface area contributed by atoms with Gasteiger partial charge < -0.3 is 19.9 Å². The SMILES string of the molecule is CC(C)(C)OC(=O)N1CCN2C(NCC3(C)CCCS3)=NCC2C1.I. The molecule has 3 rings (SSSR count). The average Bonchev–Trinajstić information content (AvgIpc) is 3.09. The van der Waals surface area contributed by atoms with Crippen LogP contribution in [0.2, 0.25) is 0 Å². The highest BCUT2D eigenvalue weighted by Gasteiger charge is 2.37. The molecule has 0 bridgehead atoms. The van der Waals surface area contributed by atoms with Crippen LogP contribution in [0, 0.1) is 0 Å². The number of guanidine groups is 1. The highest BCUT2D eigenvalue weighted by Crippen LogP contribution is 2.37. The van der Waals surface area contributed by atoms with Crippen molar-refractivity contribution >= 4 is 47.8 Å². The summed E-state index contributed by atoms with van der Waals surface area (Å²) in [4.78, 5) is 21.1. The second-order valence-corrected chi connectivity index (χ2v) is 9.88. The van der Waals surface area contributed by atoms with Crippen molar-refractivity contribution in [3.63, 3.8) is 0 Å². The number of nitrogens with one attached hydrogen (secondary N) is 1. The fourth-order valence-corrected chi connectivity index (χ4v) is 4.71. The second kappa shape index (κ2) is 8.10. The molecular formula is C17H31IN4O2S. The van der Waals surface area contributed by atoms with Crippen molar-refractivity contribution in [2.75, 3.05) is 38.5 Å². The zero-order valence-corrected chi connectivity index (χ0v) is 18.9. The summed E-state index contributed by atoms with van der Waals surface area (Å²) in [6.45, 7) is 12.0. The van der Waals surface area contributed by atoms with Crippen molar-refractivity contribution < 1.29 is 9.53 Å². The van der Waals surface area contributed by atoms with Gasteiger partial charge in [0, 0.05) is 30.9 Å². The van der Waals surface area contributed by atoms with Crippen molar-refractivity contribution in [3.8, 4) is 0 Å². The normalized spacial score (nSPS) is 29.0. The Kier molecular flexibility index (Phi) is 6.78. The maximum atomic E-state index is 12.3. The summed E-state index contributed by atoms with van der Waals surface area (Å²) in [5.74, 6) is 2.28. The molecule has 0 aromatic heterocycles. The smallest absolute Gasteiger partial charge is 0.410 e. The molecule has 0 radical (unpaired) electrons. The molecule has 2 saturated heterocycles. The lowest BCUT2D eigenvalue weighted by Crippen LogP contribution is -2.58. The van der Waals surface area contributed by atoms with E-state index in [0.29, 0.717) is 17.8 Å². The van der Waals surface area contributed by atoms with Gasteiger partial charge >= 0.3 is 6.09 Å². The van der Waals surface area contributed by atoms with E-state index in [9.17, 15) is 4.79 Å². The molecule has 1 amide bonds. The van der Waals surface area contributed by atoms with Gasteiger partial charge in [-0.25, -0.2) is 4.79 Å². The monoisotopic (exact) mass is 482 g/mol. The Bertz CT molecular complexity index is 517. The number of halogens is 1. The third kappa shape index (κ3) is 5.30. The lowest BCUT2D eigenvalue weighted by Gasteiger charge is -2.39. The van der Waals surface area contributed by atoms with E-state index < -0.39 is 5.60 Å². The third-order valence-corrected chi connectivity index (χ3v) is 6.32. The van der Waals surface area contributed by atoms with Gasteiger partial charge in [0.1, 0.15) is 5.60 Å². The largest absolute Gasteiger partial charge is 0.444 e. The van der Waals surface area contributed by atoms with Crippen LogP contribution in [0.4, 0.5) is 4.79 Å². The van der Waals surface area contributed by atoms with Gasteiger partial charge in [0.25, 0.3) is 0 Å². The number of rotatable bonds is 2. The van der Waals surface area contributed by atoms with Gasteiger partial charge in [0.05, 0.1) is 12.6 Å². The summed E-state index contributed by atoms with van der Waals surface area (Å²) >= 11 is 2.06. The fraction of sp³-hybridized carbons (Fsp3) is 0.882. The molecule has 0 aromatic rings. The topological polar surface area (TPSA) is 57.2 Å². The maximum absolute atomic E-state index is 12.3. The van der Waals surface area contributed by atoms with E-state index in [-0.39, 0.29) is 36.1 Å². The first kappa shape index (κ1) is 20.9. The van der Waals surface area contributed by atoms with Crippen molar-refractivity contribution in [2.45, 2.75) is 56.9 Å². The molecule has 0 saturated carbocycles. The Morgan fingerprint density at radius 1 is 1.44 bits per heavy atom. The van der Waals surface area contributed by atoms with Crippen LogP contribution in [0.3, 0.4) is 0 Å². The number of piperazine rings is 1. The first-order chi connectivity index (χ1) is 11.3. The van der Waals surface area contributed by atoms with Crippen molar-refractivity contribution in [2.24, 2.45) is 4.99 Å². The number of amides is 1. The predicted molar refractivity (Wildman–Crippen MR) is 114 cm³/mol. The molecule has 2 fully saturated rings. The fourth-order valence-electron chi connectivity index (χ4n) is 3.47. The standard InChI is InChI=1S/C17H30N4O2S.HI/c1-16(2,3)23-15(22)20-7-8-21-13(11-20)10-18-14(21)19-12-17(4)6-5-9-24-17;/h13H,5-12H2,1-4H3,(H,18,19);1H. The van der Waals surface area contributed by atoms with Crippen LogP contribution >= 0.6 is 35.7 Å². The Labute approximate surface area is 172 Å². The van der Waals surface area contributed by atoms with E-state index in [0.717, 1.165) is 25.6 Å². The van der Waals surface area contributed by atoms with Crippen molar-refractivity contribution in [1.29, 1.82) is 0 Å². The molecular weight excluding hydrogens is 451 g/mol. The van der Waals surface area contributed by atoms with E-state index >= 15 is 0 Å². The number of aliphatic imine (C=N–C) groups is 1. The predicted octanol–water partition coefficient (Wildman–Crippen LogP) is 2.77. The summed E-state index contributed by atoms with van der Waals surface area (Å²) in [6.07, 6.45) is 2.37. The third-order valence-electron chi connectivity index (χ3n) is 4.78. The van der Waals surface area contributed by atoms with Crippen LogP contribution in [0.5, 0.6) is 0 Å². The highest BCUT2D eigenvalue weighted by molar-refractivity contribution is 14.0. The number of carbonyl (C=O) groups is 1. The molecule has 0 spiro atoms. The van der Waals surface area contributed by atoms with Gasteiger partial charge in [-0.15, -0.1) is 24.0 Å². The molecule has 3 aliphatic rings. The van der Waals surface area contributed by atoms with Crippen LogP contribution < -0.4 is 5.32 Å². The quantitative estimate of drug-likeness (QED) is 0.614. The Morgan fingerprint density at radius 2 is 2.20 bits per heavy atom. The van der Waals surface area contributed by atoms with E-state index in [1.165, 1.54) is 18.6 Å². The molecule has 6 nitrogen and oxygen atoms in total. The first-order valence-corrected chi connectivity index (χ1v) is 9.91. The van der Waals surface area contributed by atoms with Crippen molar-refractivity contribution in [1.82, 2.24) is 15.1 Å². The van der Waals surface area contributed by atoms with Crippen LogP contribution in [0.15, 0.2) is 4.99 Å². The van der Waals surface area contributed by atoms with Gasteiger partial charge in [-0.3, -0.25) is 4.99 Å². The summed E-state index contributed by atoms with van der Waals surface area (Å²) in [7, 11) is 0. The lowest BCUT2D eigenvalue weighted by atomic mass is 10.1. The van der Waals surface area contributed by atoms with Gasteiger partial charge in [-0.1, -0.05) is 0 Å². The number of carbonyl (C=O) groups excluding carboxylic acids is 1. The van der Waals surface area contributed by atoms with Gasteiger partial charge in [-0.05, 0) is 46.3 Å². The molecule has 1 N–H and O–H groups in total.